The summed E-state index contributed by atoms with van der Waals surface area (Å²) in [6.45, 7) is 5.75. The highest BCUT2D eigenvalue weighted by atomic mass is 16.4. The molecule has 0 aromatic heterocycles. The number of carbonyl (C=O) groups is 1. The Morgan fingerprint density at radius 1 is 1.44 bits per heavy atom. The number of rotatable bonds is 3. The number of hydrogen-bond acceptors (Lipinski definition) is 3. The standard InChI is InChI=1S/C14H20N2O2/c1-10-3-5-12(6-4-10)16-9-11(2)15-8-13(16)7-14(17)18/h3-6,11,13,15H,7-9H2,1-2H3,(H,17,18). The number of aliphatic carboxylic acids is 1. The largest absolute Gasteiger partial charge is 0.481 e. The summed E-state index contributed by atoms with van der Waals surface area (Å²) in [6.07, 6.45) is 0.174. The number of hydrogen-bond donors (Lipinski definition) is 2. The van der Waals surface area contributed by atoms with Gasteiger partial charge in [0.15, 0.2) is 0 Å². The summed E-state index contributed by atoms with van der Waals surface area (Å²) < 4.78 is 0. The van der Waals surface area contributed by atoms with Gasteiger partial charge in [0.2, 0.25) is 0 Å². The lowest BCUT2D eigenvalue weighted by atomic mass is 10.0. The molecule has 2 atom stereocenters. The molecular formula is C14H20N2O2. The van der Waals surface area contributed by atoms with Crippen LogP contribution in [0.1, 0.15) is 18.9 Å². The molecule has 1 aliphatic heterocycles. The van der Waals surface area contributed by atoms with E-state index in [2.05, 4.69) is 48.3 Å². The fraction of sp³-hybridized carbons (Fsp3) is 0.500. The Kier molecular flexibility index (Phi) is 3.87. The van der Waals surface area contributed by atoms with Gasteiger partial charge in [-0.1, -0.05) is 17.7 Å². The lowest BCUT2D eigenvalue weighted by molar-refractivity contribution is -0.137. The lowest BCUT2D eigenvalue weighted by Gasteiger charge is -2.40. The Hall–Kier alpha value is -1.55. The van der Waals surface area contributed by atoms with Crippen LogP contribution in [0.4, 0.5) is 5.69 Å². The third-order valence-electron chi connectivity index (χ3n) is 3.39. The maximum absolute atomic E-state index is 10.9. The Morgan fingerprint density at radius 3 is 2.72 bits per heavy atom. The molecule has 0 radical (unpaired) electrons. The number of carboxylic acid groups (broad SMARTS) is 1. The van der Waals surface area contributed by atoms with Gasteiger partial charge >= 0.3 is 5.97 Å². The Bertz CT molecular complexity index is 416. The molecule has 0 spiro atoms. The Labute approximate surface area is 108 Å². The molecule has 98 valence electrons. The van der Waals surface area contributed by atoms with Gasteiger partial charge in [0.25, 0.3) is 0 Å². The second kappa shape index (κ2) is 5.40. The molecule has 0 saturated carbocycles. The average molecular weight is 248 g/mol. The lowest BCUT2D eigenvalue weighted by Crippen LogP contribution is -2.56. The van der Waals surface area contributed by atoms with Crippen LogP contribution < -0.4 is 10.2 Å². The fourth-order valence-electron chi connectivity index (χ4n) is 2.39. The first-order chi connectivity index (χ1) is 8.56. The number of carboxylic acids is 1. The van der Waals surface area contributed by atoms with Gasteiger partial charge in [-0.05, 0) is 26.0 Å². The minimum absolute atomic E-state index is 0.0291. The Morgan fingerprint density at radius 2 is 2.11 bits per heavy atom. The zero-order chi connectivity index (χ0) is 13.1. The van der Waals surface area contributed by atoms with Crippen LogP contribution in [0.25, 0.3) is 0 Å². The van der Waals surface area contributed by atoms with Crippen molar-refractivity contribution in [2.75, 3.05) is 18.0 Å². The van der Waals surface area contributed by atoms with E-state index in [1.54, 1.807) is 0 Å². The molecule has 1 aromatic carbocycles. The predicted octanol–water partition coefficient (Wildman–Crippen LogP) is 1.64. The SMILES string of the molecule is Cc1ccc(N2CC(C)NCC2CC(=O)O)cc1. The first kappa shape index (κ1) is 12.9. The van der Waals surface area contributed by atoms with Crippen molar-refractivity contribution in [1.82, 2.24) is 5.32 Å². The molecule has 1 fully saturated rings. The van der Waals surface area contributed by atoms with Gasteiger partial charge in [-0.2, -0.15) is 0 Å². The molecule has 1 aliphatic rings. The summed E-state index contributed by atoms with van der Waals surface area (Å²) in [5.74, 6) is -0.742. The highest BCUT2D eigenvalue weighted by Crippen LogP contribution is 2.22. The van der Waals surface area contributed by atoms with E-state index in [0.717, 1.165) is 18.8 Å². The molecule has 2 rings (SSSR count). The number of benzene rings is 1. The summed E-state index contributed by atoms with van der Waals surface area (Å²) in [5.41, 5.74) is 2.33. The van der Waals surface area contributed by atoms with Crippen molar-refractivity contribution in [3.05, 3.63) is 29.8 Å². The van der Waals surface area contributed by atoms with Gasteiger partial charge in [-0.15, -0.1) is 0 Å². The highest BCUT2D eigenvalue weighted by Gasteiger charge is 2.27. The summed E-state index contributed by atoms with van der Waals surface area (Å²) in [6, 6.07) is 8.70. The molecule has 0 amide bonds. The molecular weight excluding hydrogens is 228 g/mol. The van der Waals surface area contributed by atoms with Crippen LogP contribution in [0, 0.1) is 6.92 Å². The van der Waals surface area contributed by atoms with Crippen molar-refractivity contribution in [2.45, 2.75) is 32.4 Å². The smallest absolute Gasteiger partial charge is 0.305 e. The van der Waals surface area contributed by atoms with Crippen LogP contribution in [-0.2, 0) is 4.79 Å². The van der Waals surface area contributed by atoms with Crippen LogP contribution in [0.5, 0.6) is 0 Å². The van der Waals surface area contributed by atoms with Crippen molar-refractivity contribution in [3.8, 4) is 0 Å². The van der Waals surface area contributed by atoms with Crippen molar-refractivity contribution in [2.24, 2.45) is 0 Å². The van der Waals surface area contributed by atoms with E-state index in [1.165, 1.54) is 5.56 Å². The van der Waals surface area contributed by atoms with Crippen LogP contribution in [-0.4, -0.2) is 36.2 Å². The first-order valence-electron chi connectivity index (χ1n) is 6.35. The van der Waals surface area contributed by atoms with E-state index in [1.807, 2.05) is 0 Å². The van der Waals surface area contributed by atoms with E-state index in [4.69, 9.17) is 5.11 Å². The van der Waals surface area contributed by atoms with E-state index in [9.17, 15) is 4.79 Å². The summed E-state index contributed by atoms with van der Waals surface area (Å²) in [5, 5.41) is 12.3. The first-order valence-corrected chi connectivity index (χ1v) is 6.35. The van der Waals surface area contributed by atoms with Crippen LogP contribution in [0.2, 0.25) is 0 Å². The number of piperazine rings is 1. The number of nitrogens with zero attached hydrogens (tertiary/aromatic N) is 1. The molecule has 4 heteroatoms. The molecule has 1 saturated heterocycles. The van der Waals surface area contributed by atoms with Gasteiger partial charge in [-0.3, -0.25) is 4.79 Å². The van der Waals surface area contributed by atoms with Gasteiger partial charge < -0.3 is 15.3 Å². The van der Waals surface area contributed by atoms with Gasteiger partial charge in [-0.25, -0.2) is 0 Å². The molecule has 1 aromatic rings. The van der Waals surface area contributed by atoms with Crippen LogP contribution in [0.3, 0.4) is 0 Å². The third kappa shape index (κ3) is 3.01. The Balaban J connectivity index is 2.19. The van der Waals surface area contributed by atoms with Crippen LogP contribution in [0.15, 0.2) is 24.3 Å². The monoisotopic (exact) mass is 248 g/mol. The number of anilines is 1. The van der Waals surface area contributed by atoms with Crippen molar-refractivity contribution in [1.29, 1.82) is 0 Å². The maximum Gasteiger partial charge on any atom is 0.305 e. The average Bonchev–Trinajstić information content (AvgIpc) is 2.32. The topological polar surface area (TPSA) is 52.6 Å². The summed E-state index contributed by atoms with van der Waals surface area (Å²) >= 11 is 0. The second-order valence-corrected chi connectivity index (χ2v) is 5.05. The zero-order valence-electron chi connectivity index (χ0n) is 10.9. The molecule has 0 bridgehead atoms. The molecule has 2 N–H and O–H groups in total. The predicted molar refractivity (Wildman–Crippen MR) is 72.0 cm³/mol. The number of aryl methyl sites for hydroxylation is 1. The molecule has 18 heavy (non-hydrogen) atoms. The molecule has 1 heterocycles. The van der Waals surface area contributed by atoms with Crippen LogP contribution >= 0.6 is 0 Å². The van der Waals surface area contributed by atoms with Gasteiger partial charge in [0, 0.05) is 24.8 Å². The minimum atomic E-state index is -0.742. The summed E-state index contributed by atoms with van der Waals surface area (Å²) in [4.78, 5) is 13.1. The molecule has 2 unspecified atom stereocenters. The summed E-state index contributed by atoms with van der Waals surface area (Å²) in [7, 11) is 0. The third-order valence-corrected chi connectivity index (χ3v) is 3.39. The molecule has 4 nitrogen and oxygen atoms in total. The highest BCUT2D eigenvalue weighted by molar-refractivity contribution is 5.69. The quantitative estimate of drug-likeness (QED) is 0.854. The van der Waals surface area contributed by atoms with Crippen molar-refractivity contribution >= 4 is 11.7 Å². The number of nitrogens with one attached hydrogen (secondary N) is 1. The minimum Gasteiger partial charge on any atom is -0.481 e. The molecule has 0 aliphatic carbocycles. The van der Waals surface area contributed by atoms with E-state index >= 15 is 0 Å². The van der Waals surface area contributed by atoms with E-state index in [0.29, 0.717) is 6.04 Å². The van der Waals surface area contributed by atoms with E-state index in [-0.39, 0.29) is 12.5 Å². The van der Waals surface area contributed by atoms with Gasteiger partial charge in [0.1, 0.15) is 0 Å². The van der Waals surface area contributed by atoms with E-state index < -0.39 is 5.97 Å². The fourth-order valence-corrected chi connectivity index (χ4v) is 2.39. The zero-order valence-corrected chi connectivity index (χ0v) is 10.9. The normalized spacial score (nSPS) is 24.0. The van der Waals surface area contributed by atoms with Gasteiger partial charge in [0.05, 0.1) is 12.5 Å². The van der Waals surface area contributed by atoms with Crippen molar-refractivity contribution in [3.63, 3.8) is 0 Å². The second-order valence-electron chi connectivity index (χ2n) is 5.05. The van der Waals surface area contributed by atoms with Crippen molar-refractivity contribution < 1.29 is 9.90 Å². The maximum atomic E-state index is 10.9.